The van der Waals surface area contributed by atoms with Gasteiger partial charge in [-0.3, -0.25) is 10.2 Å². The molecule has 0 spiro atoms. The highest BCUT2D eigenvalue weighted by atomic mass is 15.1. The number of fused-ring (bicyclic) bond motifs is 4. The summed E-state index contributed by atoms with van der Waals surface area (Å²) in [7, 11) is 0. The number of hydrogen-bond acceptors (Lipinski definition) is 2. The number of H-pyrrole nitrogens is 2. The normalized spacial score (nSPS) is 11.6. The molecule has 0 fully saturated rings. The van der Waals surface area contributed by atoms with Gasteiger partial charge in [0.25, 0.3) is 0 Å². The van der Waals surface area contributed by atoms with Crippen molar-refractivity contribution in [2.24, 2.45) is 0 Å². The second kappa shape index (κ2) is 9.79. The summed E-state index contributed by atoms with van der Waals surface area (Å²) in [4.78, 5) is 0. The molecule has 2 heterocycles. The standard InChI is InChI=1S/C40H26N4/c1-5-13-31-27(9-1)21-28-10-2-6-14-32(28)37(31)39-35(23-41-43-39)25-17-19-26(20-18-25)36-24-42-44-40(36)38-33-15-7-3-11-29(33)22-30-12-4-8-16-34(30)38/h1-24H,(H,41,43)(H,42,44). The molecule has 0 radical (unpaired) electrons. The highest BCUT2D eigenvalue weighted by Gasteiger charge is 2.19. The zero-order valence-electron chi connectivity index (χ0n) is 23.8. The predicted molar refractivity (Wildman–Crippen MR) is 183 cm³/mol. The van der Waals surface area contributed by atoms with Crippen molar-refractivity contribution in [3.63, 3.8) is 0 Å². The number of hydrogen-bond donors (Lipinski definition) is 2. The summed E-state index contributed by atoms with van der Waals surface area (Å²) in [5.74, 6) is 0. The Bertz CT molecular complexity index is 2210. The topological polar surface area (TPSA) is 57.4 Å². The quantitative estimate of drug-likeness (QED) is 0.210. The van der Waals surface area contributed by atoms with Gasteiger partial charge in [0, 0.05) is 34.6 Å². The Morgan fingerprint density at radius 3 is 1.02 bits per heavy atom. The van der Waals surface area contributed by atoms with E-state index in [1.165, 1.54) is 43.1 Å². The predicted octanol–water partition coefficient (Wildman–Crippen LogP) is 10.4. The number of benzene rings is 7. The molecule has 0 aliphatic rings. The lowest BCUT2D eigenvalue weighted by atomic mass is 9.90. The maximum atomic E-state index is 4.81. The third-order valence-electron chi connectivity index (χ3n) is 8.80. The van der Waals surface area contributed by atoms with Gasteiger partial charge in [-0.05, 0) is 66.3 Å². The van der Waals surface area contributed by atoms with Gasteiger partial charge in [-0.1, -0.05) is 121 Å². The first-order valence-corrected chi connectivity index (χ1v) is 14.8. The van der Waals surface area contributed by atoms with Gasteiger partial charge in [0.15, 0.2) is 0 Å². The fourth-order valence-electron chi connectivity index (χ4n) is 6.77. The lowest BCUT2D eigenvalue weighted by Crippen LogP contribution is -1.89. The first kappa shape index (κ1) is 24.6. The lowest BCUT2D eigenvalue weighted by molar-refractivity contribution is 1.10. The Morgan fingerprint density at radius 1 is 0.364 bits per heavy atom. The third kappa shape index (κ3) is 3.78. The molecule has 206 valence electrons. The van der Waals surface area contributed by atoms with E-state index in [4.69, 9.17) is 10.2 Å². The van der Waals surface area contributed by atoms with Crippen molar-refractivity contribution in [1.29, 1.82) is 0 Å². The van der Waals surface area contributed by atoms with E-state index >= 15 is 0 Å². The van der Waals surface area contributed by atoms with Gasteiger partial charge in [-0.2, -0.15) is 10.2 Å². The summed E-state index contributed by atoms with van der Waals surface area (Å²) >= 11 is 0. The molecule has 7 aromatic carbocycles. The van der Waals surface area contributed by atoms with Gasteiger partial charge < -0.3 is 0 Å². The van der Waals surface area contributed by atoms with Crippen LogP contribution in [0.4, 0.5) is 0 Å². The number of aromatic amines is 2. The second-order valence-electron chi connectivity index (χ2n) is 11.3. The van der Waals surface area contributed by atoms with E-state index in [0.29, 0.717) is 0 Å². The minimum absolute atomic E-state index is 0.956. The monoisotopic (exact) mass is 562 g/mol. The number of aromatic nitrogens is 4. The Balaban J connectivity index is 1.18. The van der Waals surface area contributed by atoms with Crippen molar-refractivity contribution >= 4 is 43.1 Å². The van der Waals surface area contributed by atoms with Crippen LogP contribution in [0.5, 0.6) is 0 Å². The molecule has 4 heteroatoms. The molecule has 0 atom stereocenters. The highest BCUT2D eigenvalue weighted by molar-refractivity contribution is 6.15. The Labute approximate surface area is 253 Å². The molecule has 44 heavy (non-hydrogen) atoms. The van der Waals surface area contributed by atoms with Gasteiger partial charge >= 0.3 is 0 Å². The summed E-state index contributed by atoms with van der Waals surface area (Å²) in [6.07, 6.45) is 4.01. The summed E-state index contributed by atoms with van der Waals surface area (Å²) in [5, 5.41) is 25.6. The largest absolute Gasteiger partial charge is 0.284 e. The molecule has 0 saturated heterocycles. The van der Waals surface area contributed by atoms with Crippen LogP contribution >= 0.6 is 0 Å². The summed E-state index contributed by atoms with van der Waals surface area (Å²) < 4.78 is 0. The molecule has 9 rings (SSSR count). The maximum absolute atomic E-state index is 4.81. The molecule has 0 unspecified atom stereocenters. The lowest BCUT2D eigenvalue weighted by Gasteiger charge is -2.13. The maximum Gasteiger partial charge on any atom is 0.101 e. The molecule has 2 aromatic heterocycles. The van der Waals surface area contributed by atoms with Crippen LogP contribution in [0.25, 0.3) is 87.9 Å². The molecule has 4 nitrogen and oxygen atoms in total. The van der Waals surface area contributed by atoms with Gasteiger partial charge in [-0.15, -0.1) is 0 Å². The highest BCUT2D eigenvalue weighted by Crippen LogP contribution is 2.42. The van der Waals surface area contributed by atoms with Gasteiger partial charge in [0.1, 0.15) is 11.4 Å². The van der Waals surface area contributed by atoms with Gasteiger partial charge in [0.05, 0.1) is 0 Å². The van der Waals surface area contributed by atoms with Gasteiger partial charge in [-0.25, -0.2) is 0 Å². The van der Waals surface area contributed by atoms with Crippen molar-refractivity contribution in [2.75, 3.05) is 0 Å². The molecule has 0 aliphatic carbocycles. The Morgan fingerprint density at radius 2 is 0.682 bits per heavy atom. The molecule has 2 N–H and O–H groups in total. The first-order valence-electron chi connectivity index (χ1n) is 14.8. The van der Waals surface area contributed by atoms with Crippen molar-refractivity contribution in [3.05, 3.63) is 146 Å². The van der Waals surface area contributed by atoms with E-state index in [0.717, 1.165) is 44.8 Å². The van der Waals surface area contributed by atoms with Crippen molar-refractivity contribution in [1.82, 2.24) is 20.4 Å². The molecule has 0 bridgehead atoms. The smallest absolute Gasteiger partial charge is 0.101 e. The van der Waals surface area contributed by atoms with Crippen LogP contribution in [0.15, 0.2) is 146 Å². The second-order valence-corrected chi connectivity index (χ2v) is 11.3. The van der Waals surface area contributed by atoms with Crippen LogP contribution in [0.2, 0.25) is 0 Å². The summed E-state index contributed by atoms with van der Waals surface area (Å²) in [6, 6.07) is 47.5. The van der Waals surface area contributed by atoms with Crippen LogP contribution in [-0.2, 0) is 0 Å². The SMILES string of the molecule is c1ccc2c(-c3n[nH]cc3-c3ccc(-c4c[nH]nc4-c4c5ccccc5cc5ccccc45)cc3)c3ccccc3cc2c1. The van der Waals surface area contributed by atoms with E-state index in [-0.39, 0.29) is 0 Å². The van der Waals surface area contributed by atoms with Crippen LogP contribution in [-0.4, -0.2) is 20.4 Å². The van der Waals surface area contributed by atoms with Crippen LogP contribution in [0, 0.1) is 0 Å². The van der Waals surface area contributed by atoms with Crippen molar-refractivity contribution in [3.8, 4) is 44.8 Å². The Hall–Kier alpha value is -6.00. The minimum atomic E-state index is 0.956. The third-order valence-corrected chi connectivity index (χ3v) is 8.80. The molecule has 9 aromatic rings. The van der Waals surface area contributed by atoms with E-state index in [9.17, 15) is 0 Å². The molecule has 0 amide bonds. The zero-order chi connectivity index (χ0) is 29.0. The van der Waals surface area contributed by atoms with E-state index in [1.807, 2.05) is 12.4 Å². The summed E-state index contributed by atoms with van der Waals surface area (Å²) in [6.45, 7) is 0. The Kier molecular flexibility index (Phi) is 5.47. The summed E-state index contributed by atoms with van der Waals surface area (Å²) in [5.41, 5.74) is 8.58. The van der Waals surface area contributed by atoms with Crippen molar-refractivity contribution < 1.29 is 0 Å². The van der Waals surface area contributed by atoms with E-state index in [2.05, 4.69) is 144 Å². The first-order chi connectivity index (χ1) is 21.8. The minimum Gasteiger partial charge on any atom is -0.284 e. The molecular weight excluding hydrogens is 536 g/mol. The average Bonchev–Trinajstić information content (AvgIpc) is 3.77. The average molecular weight is 563 g/mol. The van der Waals surface area contributed by atoms with Crippen LogP contribution in [0.3, 0.4) is 0 Å². The van der Waals surface area contributed by atoms with E-state index < -0.39 is 0 Å². The fraction of sp³-hybridized carbons (Fsp3) is 0. The van der Waals surface area contributed by atoms with Crippen molar-refractivity contribution in [2.45, 2.75) is 0 Å². The van der Waals surface area contributed by atoms with Crippen LogP contribution < -0.4 is 0 Å². The van der Waals surface area contributed by atoms with E-state index in [1.54, 1.807) is 0 Å². The van der Waals surface area contributed by atoms with Crippen LogP contribution in [0.1, 0.15) is 0 Å². The number of nitrogens with zero attached hydrogens (tertiary/aromatic N) is 2. The number of rotatable bonds is 4. The molecule has 0 aliphatic heterocycles. The zero-order valence-corrected chi connectivity index (χ0v) is 23.8. The van der Waals surface area contributed by atoms with Gasteiger partial charge in [0.2, 0.25) is 0 Å². The molecular formula is C40H26N4. The number of nitrogens with one attached hydrogen (secondary N) is 2. The molecule has 0 saturated carbocycles. The fourth-order valence-corrected chi connectivity index (χ4v) is 6.77.